The second kappa shape index (κ2) is 4.81. The zero-order chi connectivity index (χ0) is 14.2. The van der Waals surface area contributed by atoms with Crippen LogP contribution in [0, 0.1) is 6.92 Å². The number of carbonyl (C=O) groups excluding carboxylic acids is 1. The first-order valence-corrected chi connectivity index (χ1v) is 6.56. The molecule has 0 radical (unpaired) electrons. The molecule has 5 heteroatoms. The number of nitrogens with one attached hydrogen (secondary N) is 2. The lowest BCUT2D eigenvalue weighted by atomic mass is 9.93. The Morgan fingerprint density at radius 3 is 2.58 bits per heavy atom. The zero-order valence-electron chi connectivity index (χ0n) is 11.9. The zero-order valence-corrected chi connectivity index (χ0v) is 11.9. The molecule has 1 aromatic heterocycles. The molecule has 0 bridgehead atoms. The van der Waals surface area contributed by atoms with E-state index >= 15 is 0 Å². The van der Waals surface area contributed by atoms with Crippen LogP contribution in [0.1, 0.15) is 32.9 Å². The molecule has 0 saturated carbocycles. The van der Waals surface area contributed by atoms with E-state index in [1.165, 1.54) is 0 Å². The van der Waals surface area contributed by atoms with Gasteiger partial charge in [0.15, 0.2) is 0 Å². The minimum atomic E-state index is -0.255. The first-order valence-electron chi connectivity index (χ1n) is 6.56. The molecule has 2 rings (SSSR count). The van der Waals surface area contributed by atoms with Crippen molar-refractivity contribution in [1.29, 1.82) is 0 Å². The lowest BCUT2D eigenvalue weighted by molar-refractivity contribution is -0.129. The molecule has 19 heavy (non-hydrogen) atoms. The summed E-state index contributed by atoms with van der Waals surface area (Å²) < 4.78 is 0. The van der Waals surface area contributed by atoms with Gasteiger partial charge in [-0.25, -0.2) is 0 Å². The molecule has 2 N–H and O–H groups in total. The van der Waals surface area contributed by atoms with Gasteiger partial charge in [-0.3, -0.25) is 14.5 Å². The van der Waals surface area contributed by atoms with Crippen LogP contribution in [0.3, 0.4) is 0 Å². The number of carbonyl (C=O) groups is 1. The van der Waals surface area contributed by atoms with Crippen molar-refractivity contribution >= 4 is 11.6 Å². The molecule has 1 saturated heterocycles. The Morgan fingerprint density at radius 2 is 2.11 bits per heavy atom. The molecular formula is C14H21N3O2. The molecule has 1 fully saturated rings. The number of aromatic amines is 1. The molecule has 2 heterocycles. The quantitative estimate of drug-likeness (QED) is 0.849. The number of H-pyrrole nitrogens is 1. The van der Waals surface area contributed by atoms with Gasteiger partial charge in [0.2, 0.25) is 5.91 Å². The summed E-state index contributed by atoms with van der Waals surface area (Å²) in [4.78, 5) is 28.7. The summed E-state index contributed by atoms with van der Waals surface area (Å²) in [5.74, 6) is -0.101. The van der Waals surface area contributed by atoms with Crippen LogP contribution in [0.25, 0.3) is 0 Å². The van der Waals surface area contributed by atoms with Crippen molar-refractivity contribution in [2.45, 2.75) is 45.7 Å². The Labute approximate surface area is 113 Å². The van der Waals surface area contributed by atoms with Crippen molar-refractivity contribution in [3.63, 3.8) is 0 Å². The molecule has 5 nitrogen and oxygen atoms in total. The van der Waals surface area contributed by atoms with Crippen LogP contribution in [-0.4, -0.2) is 33.9 Å². The van der Waals surface area contributed by atoms with E-state index < -0.39 is 0 Å². The van der Waals surface area contributed by atoms with E-state index in [4.69, 9.17) is 0 Å². The fraction of sp³-hybridized carbons (Fsp3) is 0.571. The summed E-state index contributed by atoms with van der Waals surface area (Å²) in [7, 11) is 0. The molecular weight excluding hydrogens is 242 g/mol. The minimum absolute atomic E-state index is 0.0278. The third-order valence-electron chi connectivity index (χ3n) is 3.50. The van der Waals surface area contributed by atoms with Crippen LogP contribution >= 0.6 is 0 Å². The van der Waals surface area contributed by atoms with Crippen LogP contribution in [0.15, 0.2) is 16.9 Å². The van der Waals surface area contributed by atoms with E-state index in [0.717, 1.165) is 18.7 Å². The molecule has 1 atom stereocenters. The van der Waals surface area contributed by atoms with Gasteiger partial charge in [-0.05, 0) is 46.2 Å². The smallest absolute Gasteiger partial charge is 0.271 e. The fourth-order valence-electron chi connectivity index (χ4n) is 2.35. The van der Waals surface area contributed by atoms with Gasteiger partial charge in [0.25, 0.3) is 5.56 Å². The normalized spacial score (nSPS) is 19.9. The van der Waals surface area contributed by atoms with Gasteiger partial charge in [0, 0.05) is 17.8 Å². The van der Waals surface area contributed by atoms with Crippen LogP contribution < -0.4 is 10.9 Å². The number of aryl methyl sites for hydroxylation is 1. The third-order valence-corrected chi connectivity index (χ3v) is 3.50. The molecule has 1 aromatic rings. The highest BCUT2D eigenvalue weighted by atomic mass is 16.2. The van der Waals surface area contributed by atoms with E-state index in [2.05, 4.69) is 36.0 Å². The first-order chi connectivity index (χ1) is 8.79. The van der Waals surface area contributed by atoms with Crippen molar-refractivity contribution in [1.82, 2.24) is 9.88 Å². The highest BCUT2D eigenvalue weighted by molar-refractivity contribution is 5.95. The number of anilines is 1. The maximum Gasteiger partial charge on any atom is 0.271 e. The number of nitrogens with zero attached hydrogens (tertiary/aromatic N) is 1. The van der Waals surface area contributed by atoms with Crippen molar-refractivity contribution in [3.05, 3.63) is 28.2 Å². The van der Waals surface area contributed by atoms with Gasteiger partial charge in [-0.1, -0.05) is 0 Å². The molecule has 1 aliphatic heterocycles. The predicted octanol–water partition coefficient (Wildman–Crippen LogP) is 1.49. The van der Waals surface area contributed by atoms with Crippen molar-refractivity contribution in [2.24, 2.45) is 0 Å². The topological polar surface area (TPSA) is 65.2 Å². The molecule has 1 amide bonds. The molecule has 1 unspecified atom stereocenters. The molecule has 104 valence electrons. The Morgan fingerprint density at radius 1 is 1.42 bits per heavy atom. The second-order valence-corrected chi connectivity index (χ2v) is 6.04. The number of hydrogen-bond donors (Lipinski definition) is 2. The monoisotopic (exact) mass is 263 g/mol. The number of hydrogen-bond acceptors (Lipinski definition) is 3. The molecule has 1 aliphatic rings. The van der Waals surface area contributed by atoms with Gasteiger partial charge in [0.1, 0.15) is 5.69 Å². The second-order valence-electron chi connectivity index (χ2n) is 6.04. The van der Waals surface area contributed by atoms with Gasteiger partial charge >= 0.3 is 0 Å². The first kappa shape index (κ1) is 13.8. The van der Waals surface area contributed by atoms with E-state index in [1.54, 1.807) is 19.1 Å². The summed E-state index contributed by atoms with van der Waals surface area (Å²) >= 11 is 0. The largest absolute Gasteiger partial charge is 0.325 e. The highest BCUT2D eigenvalue weighted by Crippen LogP contribution is 2.27. The standard InChI is InChI=1S/C14H21N3O2/c1-9-5-6-10(12(18)15-9)16-13(19)11-7-8-17(11)14(2,3)4/h5-6,11H,7-8H2,1-4H3,(H,15,18)(H,16,19). The summed E-state index contributed by atoms with van der Waals surface area (Å²) in [6.45, 7) is 8.99. The van der Waals surface area contributed by atoms with Crippen molar-refractivity contribution in [3.8, 4) is 0 Å². The molecule has 0 aromatic carbocycles. The highest BCUT2D eigenvalue weighted by Gasteiger charge is 2.40. The summed E-state index contributed by atoms with van der Waals surface area (Å²) in [6, 6.07) is 3.28. The SMILES string of the molecule is Cc1ccc(NC(=O)C2CCN2C(C)(C)C)c(=O)[nH]1. The average molecular weight is 263 g/mol. The molecule has 0 aliphatic carbocycles. The Balaban J connectivity index is 2.08. The van der Waals surface area contributed by atoms with Crippen molar-refractivity contribution in [2.75, 3.05) is 11.9 Å². The number of rotatable bonds is 2. The van der Waals surface area contributed by atoms with Crippen LogP contribution in [-0.2, 0) is 4.79 Å². The predicted molar refractivity (Wildman–Crippen MR) is 75.3 cm³/mol. The van der Waals surface area contributed by atoms with Gasteiger partial charge < -0.3 is 10.3 Å². The fourth-order valence-corrected chi connectivity index (χ4v) is 2.35. The summed E-state index contributed by atoms with van der Waals surface area (Å²) in [6.07, 6.45) is 0.840. The lowest BCUT2D eigenvalue weighted by Gasteiger charge is -2.48. The maximum atomic E-state index is 12.2. The van der Waals surface area contributed by atoms with Crippen molar-refractivity contribution < 1.29 is 4.79 Å². The minimum Gasteiger partial charge on any atom is -0.325 e. The lowest BCUT2D eigenvalue weighted by Crippen LogP contribution is -2.61. The van der Waals surface area contributed by atoms with Crippen LogP contribution in [0.2, 0.25) is 0 Å². The third kappa shape index (κ3) is 2.87. The van der Waals surface area contributed by atoms with Gasteiger partial charge in [-0.2, -0.15) is 0 Å². The van der Waals surface area contributed by atoms with Crippen LogP contribution in [0.4, 0.5) is 5.69 Å². The molecule has 0 spiro atoms. The Bertz CT molecular complexity index is 542. The maximum absolute atomic E-state index is 12.2. The van der Waals surface area contributed by atoms with E-state index in [9.17, 15) is 9.59 Å². The van der Waals surface area contributed by atoms with Gasteiger partial charge in [0.05, 0.1) is 6.04 Å². The number of pyridine rings is 1. The Kier molecular flexibility index (Phi) is 3.49. The number of amides is 1. The average Bonchev–Trinajstić information content (AvgIpc) is 2.17. The van der Waals surface area contributed by atoms with E-state index in [1.807, 2.05) is 0 Å². The number of likely N-dealkylation sites (tertiary alicyclic amines) is 1. The van der Waals surface area contributed by atoms with Crippen LogP contribution in [0.5, 0.6) is 0 Å². The summed E-state index contributed by atoms with van der Waals surface area (Å²) in [5, 5.41) is 2.72. The van der Waals surface area contributed by atoms with E-state index in [-0.39, 0.29) is 23.0 Å². The Hall–Kier alpha value is -1.62. The number of aromatic nitrogens is 1. The van der Waals surface area contributed by atoms with E-state index in [0.29, 0.717) is 5.69 Å². The summed E-state index contributed by atoms with van der Waals surface area (Å²) in [5.41, 5.74) is 0.814. The van der Waals surface area contributed by atoms with Gasteiger partial charge in [-0.15, -0.1) is 0 Å².